The normalized spacial score (nSPS) is 12.8. The summed E-state index contributed by atoms with van der Waals surface area (Å²) in [5.41, 5.74) is 17.3. The number of para-hydroxylation sites is 3. The van der Waals surface area contributed by atoms with Crippen molar-refractivity contribution in [2.75, 3.05) is 4.90 Å². The van der Waals surface area contributed by atoms with E-state index in [0.29, 0.717) is 0 Å². The zero-order chi connectivity index (χ0) is 47.0. The summed E-state index contributed by atoms with van der Waals surface area (Å²) in [7, 11) is 0. The molecule has 0 atom stereocenters. The number of fused-ring (bicyclic) bond motifs is 13. The largest absolute Gasteiger partial charge is 0.458 e. The van der Waals surface area contributed by atoms with Gasteiger partial charge in [0.2, 0.25) is 0 Å². The quantitative estimate of drug-likeness (QED) is 0.160. The maximum atomic E-state index is 7.43. The summed E-state index contributed by atoms with van der Waals surface area (Å²) in [6.07, 6.45) is 0. The highest BCUT2D eigenvalue weighted by atomic mass is 32.1. The molecule has 0 amide bonds. The van der Waals surface area contributed by atoms with Crippen molar-refractivity contribution in [1.82, 2.24) is 4.57 Å². The van der Waals surface area contributed by atoms with E-state index >= 15 is 0 Å². The molecule has 3 nitrogen and oxygen atoms in total. The van der Waals surface area contributed by atoms with Crippen molar-refractivity contribution in [2.24, 2.45) is 0 Å². The second-order valence-corrected chi connectivity index (χ2v) is 21.3. The van der Waals surface area contributed by atoms with Crippen LogP contribution in [0.1, 0.15) is 0 Å². The van der Waals surface area contributed by atoms with Gasteiger partial charge < -0.3 is 14.2 Å². The highest BCUT2D eigenvalue weighted by molar-refractivity contribution is 7.26. The van der Waals surface area contributed by atoms with Gasteiger partial charge in [0.15, 0.2) is 0 Å². The molecule has 0 radical (unpaired) electrons. The highest BCUT2D eigenvalue weighted by Crippen LogP contribution is 2.48. The summed E-state index contributed by atoms with van der Waals surface area (Å²) in [6.45, 7) is -0.101. The van der Waals surface area contributed by atoms with Gasteiger partial charge in [-0.15, -0.1) is 22.7 Å². The first-order chi connectivity index (χ1) is 35.7. The number of anilines is 3. The van der Waals surface area contributed by atoms with Gasteiger partial charge >= 0.3 is 0 Å². The van der Waals surface area contributed by atoms with Crippen LogP contribution in [0.15, 0.2) is 237 Å². The summed E-state index contributed by atoms with van der Waals surface area (Å²) in [6, 6.07) is 87.6. The van der Waals surface area contributed by atoms with Crippen molar-refractivity contribution in [2.45, 2.75) is 0 Å². The van der Waals surface area contributed by atoms with Crippen molar-refractivity contribution in [3.8, 4) is 50.6 Å². The Morgan fingerprint density at radius 1 is 0.333 bits per heavy atom. The maximum absolute atomic E-state index is 7.43. The van der Waals surface area contributed by atoms with Crippen molar-refractivity contribution < 1.29 is 4.74 Å². The number of rotatable bonds is 5. The van der Waals surface area contributed by atoms with E-state index < -0.39 is 0 Å². The van der Waals surface area contributed by atoms with Crippen LogP contribution in [0.4, 0.5) is 17.1 Å². The SMILES string of the molecule is c1ccc(-c2ccccc2N2c3cc(-c4ccc5sc6ccccc6c5c4)ccc3B3c4ccc(-c5ccc6sc7ccccc7c6c5)cc4Oc4cc(-n5c6ccccc6c6ccccc65)cc2c43)cc1. The minimum absolute atomic E-state index is 0.101. The van der Waals surface area contributed by atoms with Crippen molar-refractivity contribution in [1.29, 1.82) is 0 Å². The zero-order valence-corrected chi connectivity index (χ0v) is 40.3. The molecule has 0 saturated carbocycles. The van der Waals surface area contributed by atoms with Crippen LogP contribution in [0.2, 0.25) is 0 Å². The summed E-state index contributed by atoms with van der Waals surface area (Å²) in [4.78, 5) is 2.54. The molecule has 5 heterocycles. The fourth-order valence-corrected chi connectivity index (χ4v) is 14.2. The third kappa shape index (κ3) is 5.91. The van der Waals surface area contributed by atoms with E-state index in [-0.39, 0.29) is 6.71 Å². The molecule has 0 fully saturated rings. The first-order valence-corrected chi connectivity index (χ1v) is 26.2. The Hall–Kier alpha value is -8.68. The van der Waals surface area contributed by atoms with E-state index in [1.807, 2.05) is 22.7 Å². The predicted molar refractivity (Wildman–Crippen MR) is 309 cm³/mol. The van der Waals surface area contributed by atoms with Gasteiger partial charge in [-0.1, -0.05) is 158 Å². The van der Waals surface area contributed by atoms with Gasteiger partial charge in [0.05, 0.1) is 22.4 Å². The lowest BCUT2D eigenvalue weighted by Gasteiger charge is -2.41. The van der Waals surface area contributed by atoms with Gasteiger partial charge in [-0.3, -0.25) is 0 Å². The molecule has 0 unspecified atom stereocenters. The number of thiophene rings is 2. The first-order valence-electron chi connectivity index (χ1n) is 24.6. The highest BCUT2D eigenvalue weighted by Gasteiger charge is 2.43. The molecule has 2 aliphatic rings. The van der Waals surface area contributed by atoms with Gasteiger partial charge in [0, 0.05) is 74.1 Å². The van der Waals surface area contributed by atoms with Gasteiger partial charge in [-0.05, 0) is 117 Å². The topological polar surface area (TPSA) is 17.4 Å². The van der Waals surface area contributed by atoms with Crippen LogP contribution < -0.4 is 26.0 Å². The van der Waals surface area contributed by atoms with Crippen molar-refractivity contribution >= 4 is 125 Å². The predicted octanol–water partition coefficient (Wildman–Crippen LogP) is 16.9. The lowest BCUT2D eigenvalue weighted by atomic mass is 9.34. The van der Waals surface area contributed by atoms with Crippen LogP contribution in [0, 0.1) is 0 Å². The molecule has 72 heavy (non-hydrogen) atoms. The Morgan fingerprint density at radius 3 is 1.54 bits per heavy atom. The van der Waals surface area contributed by atoms with E-state index in [0.717, 1.165) is 67.4 Å². The van der Waals surface area contributed by atoms with Gasteiger partial charge in [0.25, 0.3) is 6.71 Å². The standard InChI is InChI=1S/C66H39BN2OS2/c1-2-14-40(15-3-1)46-16-4-9-21-55(46)69-58-36-43(41-28-32-64-51(34-41)49-19-7-12-24-62(49)71-64)26-30-53(58)67-54-31-27-44(42-29-33-65-52(35-42)50-20-8-13-25-63(50)72-65)37-60(54)70-61-39-45(38-59(69)66(61)67)68-56-22-10-5-17-47(56)48-18-6-11-23-57(48)68/h1-39H. The maximum Gasteiger partial charge on any atom is 0.256 e. The molecular weight excluding hydrogens is 912 g/mol. The molecule has 0 bridgehead atoms. The molecule has 6 heteroatoms. The third-order valence-corrected chi connectivity index (χ3v) is 17.6. The molecule has 0 spiro atoms. The van der Waals surface area contributed by atoms with E-state index in [9.17, 15) is 0 Å². The minimum Gasteiger partial charge on any atom is -0.458 e. The number of aromatic nitrogens is 1. The Labute approximate surface area is 423 Å². The van der Waals surface area contributed by atoms with Crippen LogP contribution in [-0.4, -0.2) is 11.3 Å². The number of ether oxygens (including phenoxy) is 1. The summed E-state index contributed by atoms with van der Waals surface area (Å²) in [5.74, 6) is 1.75. The van der Waals surface area contributed by atoms with Crippen LogP contribution in [0.25, 0.3) is 101 Å². The Balaban J connectivity index is 0.970. The molecule has 0 saturated heterocycles. The molecule has 14 aromatic rings. The summed E-state index contributed by atoms with van der Waals surface area (Å²) >= 11 is 3.72. The smallest absolute Gasteiger partial charge is 0.256 e. The average Bonchev–Trinajstić information content (AvgIpc) is 4.12. The van der Waals surface area contributed by atoms with E-state index in [1.165, 1.54) is 78.7 Å². The van der Waals surface area contributed by atoms with Gasteiger partial charge in [0.1, 0.15) is 11.5 Å². The second-order valence-electron chi connectivity index (χ2n) is 19.1. The molecule has 0 aliphatic carbocycles. The van der Waals surface area contributed by atoms with Crippen LogP contribution >= 0.6 is 22.7 Å². The number of nitrogens with zero attached hydrogens (tertiary/aromatic N) is 2. The fourth-order valence-electron chi connectivity index (χ4n) is 12.0. The zero-order valence-electron chi connectivity index (χ0n) is 38.7. The molecule has 0 N–H and O–H groups in total. The van der Waals surface area contributed by atoms with Crippen molar-refractivity contribution in [3.05, 3.63) is 237 Å². The van der Waals surface area contributed by atoms with Gasteiger partial charge in [-0.25, -0.2) is 0 Å². The van der Waals surface area contributed by atoms with E-state index in [2.05, 4.69) is 246 Å². The Bertz CT molecular complexity index is 4530. The number of hydrogen-bond acceptors (Lipinski definition) is 4. The van der Waals surface area contributed by atoms with Crippen LogP contribution in [0.5, 0.6) is 11.5 Å². The molecule has 3 aromatic heterocycles. The van der Waals surface area contributed by atoms with E-state index in [4.69, 9.17) is 4.74 Å². The fraction of sp³-hybridized carbons (Fsp3) is 0. The van der Waals surface area contributed by atoms with Gasteiger partial charge in [-0.2, -0.15) is 0 Å². The molecular formula is C66H39BN2OS2. The third-order valence-electron chi connectivity index (χ3n) is 15.2. The number of benzene rings is 11. The Kier molecular flexibility index (Phi) is 8.58. The molecule has 11 aromatic carbocycles. The van der Waals surface area contributed by atoms with E-state index in [1.54, 1.807) is 0 Å². The van der Waals surface area contributed by atoms with Crippen LogP contribution in [0.3, 0.4) is 0 Å². The van der Waals surface area contributed by atoms with Crippen LogP contribution in [-0.2, 0) is 0 Å². The average molecular weight is 951 g/mol. The first kappa shape index (κ1) is 40.1. The second kappa shape index (κ2) is 15.4. The number of hydrogen-bond donors (Lipinski definition) is 0. The summed E-state index contributed by atoms with van der Waals surface area (Å²) < 4.78 is 15.1. The Morgan fingerprint density at radius 2 is 0.861 bits per heavy atom. The monoisotopic (exact) mass is 950 g/mol. The lowest BCUT2D eigenvalue weighted by Crippen LogP contribution is -2.59. The molecule has 2 aliphatic heterocycles. The van der Waals surface area contributed by atoms with Crippen molar-refractivity contribution in [3.63, 3.8) is 0 Å². The summed E-state index contributed by atoms with van der Waals surface area (Å²) in [5, 5.41) is 7.63. The molecule has 16 rings (SSSR count). The molecule has 334 valence electrons. The lowest BCUT2D eigenvalue weighted by molar-refractivity contribution is 0.487. The minimum atomic E-state index is -0.101.